The second kappa shape index (κ2) is 8.42. The van der Waals surface area contributed by atoms with Crippen molar-refractivity contribution >= 4 is 23.8 Å². The van der Waals surface area contributed by atoms with E-state index < -0.39 is 18.0 Å². The molecule has 1 aromatic rings. The van der Waals surface area contributed by atoms with E-state index >= 15 is 0 Å². The Hall–Kier alpha value is -1.76. The maximum Gasteiger partial charge on any atom is 0.326 e. The predicted molar refractivity (Wildman–Crippen MR) is 76.2 cm³/mol. The van der Waals surface area contributed by atoms with E-state index in [1.807, 2.05) is 6.26 Å². The zero-order valence-electron chi connectivity index (χ0n) is 11.1. The second-order valence-corrected chi connectivity index (χ2v) is 5.11. The van der Waals surface area contributed by atoms with Crippen LogP contribution in [0, 0.1) is 5.82 Å². The van der Waals surface area contributed by atoms with Gasteiger partial charge in [0, 0.05) is 6.54 Å². The highest BCUT2D eigenvalue weighted by atomic mass is 32.2. The highest BCUT2D eigenvalue weighted by Crippen LogP contribution is 2.03. The van der Waals surface area contributed by atoms with Crippen LogP contribution in [0.25, 0.3) is 0 Å². The molecule has 1 rings (SSSR count). The van der Waals surface area contributed by atoms with Gasteiger partial charge in [0.05, 0.1) is 0 Å². The molecule has 0 heterocycles. The topological polar surface area (TPSA) is 78.4 Å². The number of benzene rings is 1. The summed E-state index contributed by atoms with van der Waals surface area (Å²) < 4.78 is 12.9. The Bertz CT molecular complexity index is 471. The van der Waals surface area contributed by atoms with Gasteiger partial charge in [-0.1, -0.05) is 12.1 Å². The highest BCUT2D eigenvalue weighted by molar-refractivity contribution is 7.98. The lowest BCUT2D eigenvalue weighted by atomic mass is 10.2. The van der Waals surface area contributed by atoms with Crippen molar-refractivity contribution in [2.75, 3.05) is 12.0 Å². The third-order valence-electron chi connectivity index (χ3n) is 2.56. The smallest absolute Gasteiger partial charge is 0.326 e. The first-order valence-electron chi connectivity index (χ1n) is 6.03. The van der Waals surface area contributed by atoms with Crippen LogP contribution in [0.3, 0.4) is 0 Å². The van der Waals surface area contributed by atoms with Gasteiger partial charge in [-0.2, -0.15) is 11.8 Å². The van der Waals surface area contributed by atoms with Gasteiger partial charge in [-0.15, -0.1) is 0 Å². The summed E-state index contributed by atoms with van der Waals surface area (Å²) >= 11 is 1.51. The largest absolute Gasteiger partial charge is 0.480 e. The molecule has 0 saturated carbocycles. The van der Waals surface area contributed by atoms with Crippen LogP contribution in [0.1, 0.15) is 12.0 Å². The summed E-state index contributed by atoms with van der Waals surface area (Å²) in [6.07, 6.45) is 2.22. The van der Waals surface area contributed by atoms with Crippen molar-refractivity contribution in [2.45, 2.75) is 19.0 Å². The molecular weight excluding hydrogens is 283 g/mol. The summed E-state index contributed by atoms with van der Waals surface area (Å²) in [7, 11) is 0. The molecule has 2 amide bonds. The Balaban J connectivity index is 2.43. The summed E-state index contributed by atoms with van der Waals surface area (Å²) in [5.41, 5.74) is 0.608. The third kappa shape index (κ3) is 5.92. The number of amides is 2. The van der Waals surface area contributed by atoms with Gasteiger partial charge in [0.15, 0.2) is 0 Å². The maximum absolute atomic E-state index is 12.9. The molecular formula is C13H17FN2O3S. The Morgan fingerprint density at radius 1 is 1.45 bits per heavy atom. The van der Waals surface area contributed by atoms with E-state index in [2.05, 4.69) is 10.6 Å². The van der Waals surface area contributed by atoms with Crippen molar-refractivity contribution in [3.63, 3.8) is 0 Å². The van der Waals surface area contributed by atoms with Gasteiger partial charge in [0.2, 0.25) is 0 Å². The minimum atomic E-state index is -1.07. The first-order valence-corrected chi connectivity index (χ1v) is 7.43. The molecule has 0 saturated heterocycles. The maximum atomic E-state index is 12.9. The van der Waals surface area contributed by atoms with Crippen molar-refractivity contribution in [2.24, 2.45) is 0 Å². The Morgan fingerprint density at radius 3 is 2.80 bits per heavy atom. The number of hydrogen-bond acceptors (Lipinski definition) is 3. The van der Waals surface area contributed by atoms with Gasteiger partial charge in [0.25, 0.3) is 0 Å². The molecule has 0 aliphatic carbocycles. The van der Waals surface area contributed by atoms with Gasteiger partial charge < -0.3 is 15.7 Å². The monoisotopic (exact) mass is 300 g/mol. The quantitative estimate of drug-likeness (QED) is 0.718. The van der Waals surface area contributed by atoms with Crippen LogP contribution in [-0.4, -0.2) is 35.2 Å². The molecule has 0 spiro atoms. The molecule has 0 fully saturated rings. The molecule has 0 radical (unpaired) electrons. The molecule has 0 aromatic heterocycles. The standard InChI is InChI=1S/C13H17FN2O3S/c1-20-6-5-11(12(17)18)16-13(19)15-8-9-3-2-4-10(14)7-9/h2-4,7,11H,5-6,8H2,1H3,(H,17,18)(H2,15,16,19)/t11-/m1/s1. The van der Waals surface area contributed by atoms with Crippen LogP contribution in [0.5, 0.6) is 0 Å². The summed E-state index contributed by atoms with van der Waals surface area (Å²) in [5.74, 6) is -0.811. The van der Waals surface area contributed by atoms with Gasteiger partial charge in [-0.05, 0) is 36.1 Å². The van der Waals surface area contributed by atoms with E-state index in [4.69, 9.17) is 5.11 Å². The molecule has 110 valence electrons. The van der Waals surface area contributed by atoms with Crippen LogP contribution in [0.4, 0.5) is 9.18 Å². The average molecular weight is 300 g/mol. The number of carbonyl (C=O) groups is 2. The van der Waals surface area contributed by atoms with Crippen LogP contribution in [0.2, 0.25) is 0 Å². The molecule has 0 unspecified atom stereocenters. The summed E-state index contributed by atoms with van der Waals surface area (Å²) in [6.45, 7) is 0.137. The molecule has 1 atom stereocenters. The van der Waals surface area contributed by atoms with Crippen molar-refractivity contribution in [3.05, 3.63) is 35.6 Å². The molecule has 0 aliphatic heterocycles. The first-order chi connectivity index (χ1) is 9.52. The zero-order chi connectivity index (χ0) is 15.0. The fourth-order valence-corrected chi connectivity index (χ4v) is 2.00. The van der Waals surface area contributed by atoms with Gasteiger partial charge in [-0.3, -0.25) is 0 Å². The third-order valence-corrected chi connectivity index (χ3v) is 3.20. The van der Waals surface area contributed by atoms with Gasteiger partial charge in [-0.25, -0.2) is 14.0 Å². The van der Waals surface area contributed by atoms with E-state index in [0.717, 1.165) is 0 Å². The van der Waals surface area contributed by atoms with E-state index in [0.29, 0.717) is 17.7 Å². The number of halogens is 1. The average Bonchev–Trinajstić information content (AvgIpc) is 2.41. The number of carboxylic acids is 1. The minimum Gasteiger partial charge on any atom is -0.480 e. The fraction of sp³-hybridized carbons (Fsp3) is 0.385. The van der Waals surface area contributed by atoms with Crippen LogP contribution in [-0.2, 0) is 11.3 Å². The van der Waals surface area contributed by atoms with Crippen molar-refractivity contribution < 1.29 is 19.1 Å². The van der Waals surface area contributed by atoms with Crippen LogP contribution < -0.4 is 10.6 Å². The number of carbonyl (C=O) groups excluding carboxylic acids is 1. The number of hydrogen-bond donors (Lipinski definition) is 3. The molecule has 0 bridgehead atoms. The van der Waals surface area contributed by atoms with E-state index in [9.17, 15) is 14.0 Å². The van der Waals surface area contributed by atoms with Gasteiger partial charge in [0.1, 0.15) is 11.9 Å². The van der Waals surface area contributed by atoms with Crippen LogP contribution in [0.15, 0.2) is 24.3 Å². The number of aliphatic carboxylic acids is 1. The second-order valence-electron chi connectivity index (χ2n) is 4.13. The predicted octanol–water partition coefficient (Wildman–Crippen LogP) is 1.83. The SMILES string of the molecule is CSCC[C@@H](NC(=O)NCc1cccc(F)c1)C(=O)O. The minimum absolute atomic E-state index is 0.137. The summed E-state index contributed by atoms with van der Waals surface area (Å²) in [4.78, 5) is 22.6. The molecule has 1 aromatic carbocycles. The van der Waals surface area contributed by atoms with Crippen molar-refractivity contribution in [3.8, 4) is 0 Å². The molecule has 0 aliphatic rings. The molecule has 3 N–H and O–H groups in total. The fourth-order valence-electron chi connectivity index (χ4n) is 1.53. The lowest BCUT2D eigenvalue weighted by Crippen LogP contribution is -2.46. The number of nitrogens with one attached hydrogen (secondary N) is 2. The van der Waals surface area contributed by atoms with Crippen molar-refractivity contribution in [1.29, 1.82) is 0 Å². The lowest BCUT2D eigenvalue weighted by Gasteiger charge is -2.14. The van der Waals surface area contributed by atoms with E-state index in [1.54, 1.807) is 12.1 Å². The zero-order valence-corrected chi connectivity index (χ0v) is 11.9. The number of rotatable bonds is 7. The Labute approximate surface area is 120 Å². The van der Waals surface area contributed by atoms with Crippen LogP contribution >= 0.6 is 11.8 Å². The van der Waals surface area contributed by atoms with E-state index in [-0.39, 0.29) is 12.4 Å². The summed E-state index contributed by atoms with van der Waals surface area (Å²) in [6, 6.07) is 4.33. The Morgan fingerprint density at radius 2 is 2.20 bits per heavy atom. The highest BCUT2D eigenvalue weighted by Gasteiger charge is 2.18. The number of carboxylic acid groups (broad SMARTS) is 1. The van der Waals surface area contributed by atoms with E-state index in [1.165, 1.54) is 23.9 Å². The molecule has 7 heteroatoms. The number of thioether (sulfide) groups is 1. The normalized spacial score (nSPS) is 11.7. The van der Waals surface area contributed by atoms with Gasteiger partial charge >= 0.3 is 12.0 Å². The van der Waals surface area contributed by atoms with Crippen molar-refractivity contribution in [1.82, 2.24) is 10.6 Å². The molecule has 20 heavy (non-hydrogen) atoms. The summed E-state index contributed by atoms with van der Waals surface area (Å²) in [5, 5.41) is 13.8. The lowest BCUT2D eigenvalue weighted by molar-refractivity contribution is -0.139. The number of urea groups is 1. The first kappa shape index (κ1) is 16.3. The Kier molecular flexibility index (Phi) is 6.86. The molecule has 5 nitrogen and oxygen atoms in total.